The summed E-state index contributed by atoms with van der Waals surface area (Å²) >= 11 is 0. The van der Waals surface area contributed by atoms with Crippen LogP contribution in [0.4, 0.5) is 4.39 Å². The first-order valence-corrected chi connectivity index (χ1v) is 16.7. The van der Waals surface area contributed by atoms with Crippen LogP contribution in [0.5, 0.6) is 11.5 Å². The lowest BCUT2D eigenvalue weighted by atomic mass is 9.71. The third-order valence-corrected chi connectivity index (χ3v) is 9.24. The Hall–Kier alpha value is -3.57. The van der Waals surface area contributed by atoms with E-state index in [1.165, 1.54) is 28.6 Å². The molecule has 1 aliphatic rings. The molecule has 2 unspecified atom stereocenters. The smallest absolute Gasteiger partial charge is 0.147 e. The summed E-state index contributed by atoms with van der Waals surface area (Å²) in [5.74, 6) is 0.445. The van der Waals surface area contributed by atoms with Crippen LogP contribution in [-0.2, 0) is 17.3 Å². The van der Waals surface area contributed by atoms with Crippen LogP contribution in [0.3, 0.4) is 0 Å². The molecule has 2 N–H and O–H groups in total. The first kappa shape index (κ1) is 33.8. The van der Waals surface area contributed by atoms with Crippen LogP contribution in [0.2, 0.25) is 0 Å². The Morgan fingerprint density at radius 3 is 2.30 bits per heavy atom. The van der Waals surface area contributed by atoms with Gasteiger partial charge in [-0.3, -0.25) is 0 Å². The molecule has 0 saturated heterocycles. The molecule has 1 heterocycles. The third kappa shape index (κ3) is 6.76. The fraction of sp³-hybridized carbons (Fsp3) is 0.463. The number of benzene rings is 3. The van der Waals surface area contributed by atoms with Crippen molar-refractivity contribution in [3.8, 4) is 28.3 Å². The third-order valence-electron chi connectivity index (χ3n) is 9.24. The number of nitrogens with zero attached hydrogens (tertiary/aromatic N) is 1. The Balaban J connectivity index is 1.85. The van der Waals surface area contributed by atoms with Crippen LogP contribution in [0.15, 0.2) is 54.6 Å². The molecule has 5 rings (SSSR count). The van der Waals surface area contributed by atoms with E-state index in [1.54, 1.807) is 6.07 Å². The van der Waals surface area contributed by atoms with Gasteiger partial charge in [0.05, 0.1) is 17.8 Å². The Bertz CT molecular complexity index is 1780. The molecule has 2 atom stereocenters. The molecular weight excluding hydrogens is 573 g/mol. The first-order chi connectivity index (χ1) is 21.4. The van der Waals surface area contributed by atoms with Crippen molar-refractivity contribution in [3.05, 3.63) is 82.8 Å². The highest BCUT2D eigenvalue weighted by molar-refractivity contribution is 5.93. The molecule has 3 aromatic carbocycles. The van der Waals surface area contributed by atoms with Crippen LogP contribution in [0, 0.1) is 23.1 Å². The van der Waals surface area contributed by atoms with E-state index in [9.17, 15) is 14.6 Å². The van der Waals surface area contributed by atoms with E-state index in [-0.39, 0.29) is 41.1 Å². The molecular formula is C41H52FNO3. The number of allylic oxidation sites excluding steroid dienone is 1. The largest absolute Gasteiger partial charge is 0.505 e. The standard InChI is InChI=1S/C41H52FNO3/c1-25-11-14-34-30(17-25)31-18-27(40(6,7)8)12-15-35(31)43(34)36-20-28(41(9,10)24-39(3,4)5)19-33(38(36)45)32-21-29(42)13-16-37(32)46-23-26(2)22-44/h11-16,18-21,25-26,44-45H,17,22-24H2,1-10H3. The molecule has 246 valence electrons. The van der Waals surface area contributed by atoms with Crippen molar-refractivity contribution in [1.29, 1.82) is 0 Å². The molecule has 5 heteroatoms. The van der Waals surface area contributed by atoms with Gasteiger partial charge in [0.2, 0.25) is 0 Å². The van der Waals surface area contributed by atoms with Gasteiger partial charge in [-0.15, -0.1) is 0 Å². The maximum atomic E-state index is 15.0. The number of ether oxygens (including phenoxy) is 1. The SMILES string of the molecule is CC1C=Cc2c(c3cc(C(C)(C)C)ccc3n2-c2cc(C(C)(C)CC(C)(C)C)cc(-c3cc(F)ccc3OCC(C)CO)c2O)C1. The minimum absolute atomic E-state index is 0.00714. The topological polar surface area (TPSA) is 54.6 Å². The molecule has 4 nitrogen and oxygen atoms in total. The minimum atomic E-state index is -0.409. The Morgan fingerprint density at radius 1 is 0.935 bits per heavy atom. The maximum absolute atomic E-state index is 15.0. The molecule has 0 aliphatic heterocycles. The number of fused-ring (bicyclic) bond motifs is 3. The van der Waals surface area contributed by atoms with E-state index >= 15 is 0 Å². The fourth-order valence-electron chi connectivity index (χ4n) is 7.07. The van der Waals surface area contributed by atoms with E-state index < -0.39 is 5.82 Å². The van der Waals surface area contributed by atoms with Crippen molar-refractivity contribution in [2.75, 3.05) is 13.2 Å². The van der Waals surface area contributed by atoms with Crippen LogP contribution in [0.25, 0.3) is 33.8 Å². The second-order valence-electron chi connectivity index (χ2n) is 16.5. The predicted octanol–water partition coefficient (Wildman–Crippen LogP) is 10.4. The van der Waals surface area contributed by atoms with E-state index in [4.69, 9.17) is 4.74 Å². The number of aromatic nitrogens is 1. The van der Waals surface area contributed by atoms with Crippen LogP contribution in [-0.4, -0.2) is 28.0 Å². The summed E-state index contributed by atoms with van der Waals surface area (Å²) in [6, 6.07) is 15.3. The number of phenolic OH excluding ortho intramolecular Hbond substituents is 1. The van der Waals surface area contributed by atoms with Gasteiger partial charge in [-0.05, 0) is 100 Å². The predicted molar refractivity (Wildman–Crippen MR) is 190 cm³/mol. The van der Waals surface area contributed by atoms with Gasteiger partial charge in [0.1, 0.15) is 17.3 Å². The van der Waals surface area contributed by atoms with Crippen molar-refractivity contribution in [3.63, 3.8) is 0 Å². The van der Waals surface area contributed by atoms with Crippen LogP contribution < -0.4 is 4.74 Å². The zero-order valence-corrected chi connectivity index (χ0v) is 29.4. The lowest BCUT2D eigenvalue weighted by molar-refractivity contribution is 0.174. The molecule has 0 amide bonds. The van der Waals surface area contributed by atoms with Crippen LogP contribution >= 0.6 is 0 Å². The Kier molecular flexibility index (Phi) is 8.98. The molecule has 0 radical (unpaired) electrons. The van der Waals surface area contributed by atoms with Gasteiger partial charge in [0.25, 0.3) is 0 Å². The number of rotatable bonds is 8. The van der Waals surface area contributed by atoms with Crippen molar-refractivity contribution < 1.29 is 19.3 Å². The number of hydrogen-bond acceptors (Lipinski definition) is 3. The summed E-state index contributed by atoms with van der Waals surface area (Å²) in [6.07, 6.45) is 6.26. The van der Waals surface area contributed by atoms with Crippen molar-refractivity contribution in [2.45, 2.75) is 92.9 Å². The lowest BCUT2D eigenvalue weighted by Gasteiger charge is -2.34. The van der Waals surface area contributed by atoms with Crippen LogP contribution in [0.1, 0.15) is 98.0 Å². The summed E-state index contributed by atoms with van der Waals surface area (Å²) < 4.78 is 23.3. The van der Waals surface area contributed by atoms with Crippen molar-refractivity contribution in [1.82, 2.24) is 4.57 Å². The summed E-state index contributed by atoms with van der Waals surface area (Å²) in [7, 11) is 0. The van der Waals surface area contributed by atoms with E-state index in [0.29, 0.717) is 28.5 Å². The summed E-state index contributed by atoms with van der Waals surface area (Å²) in [5.41, 5.74) is 7.18. The maximum Gasteiger partial charge on any atom is 0.147 e. The highest BCUT2D eigenvalue weighted by atomic mass is 19.1. The average molecular weight is 626 g/mol. The molecule has 46 heavy (non-hydrogen) atoms. The van der Waals surface area contributed by atoms with E-state index in [0.717, 1.165) is 29.6 Å². The van der Waals surface area contributed by atoms with Gasteiger partial charge in [-0.1, -0.05) is 81.4 Å². The zero-order chi connectivity index (χ0) is 33.8. The lowest BCUT2D eigenvalue weighted by Crippen LogP contribution is -2.25. The quantitative estimate of drug-likeness (QED) is 0.205. The van der Waals surface area contributed by atoms with Gasteiger partial charge < -0.3 is 19.5 Å². The molecule has 1 aromatic heterocycles. The molecule has 0 saturated carbocycles. The summed E-state index contributed by atoms with van der Waals surface area (Å²) in [6.45, 7) is 22.3. The van der Waals surface area contributed by atoms with Gasteiger partial charge >= 0.3 is 0 Å². The van der Waals surface area contributed by atoms with Gasteiger partial charge in [-0.25, -0.2) is 4.39 Å². The number of phenols is 1. The van der Waals surface area contributed by atoms with Gasteiger partial charge in [-0.2, -0.15) is 0 Å². The summed E-state index contributed by atoms with van der Waals surface area (Å²) in [5, 5.41) is 23.1. The highest BCUT2D eigenvalue weighted by Gasteiger charge is 2.32. The first-order valence-electron chi connectivity index (χ1n) is 16.7. The highest BCUT2D eigenvalue weighted by Crippen LogP contribution is 2.47. The number of hydrogen-bond donors (Lipinski definition) is 2. The normalized spacial score (nSPS) is 16.1. The molecule has 1 aliphatic carbocycles. The molecule has 4 aromatic rings. The minimum Gasteiger partial charge on any atom is -0.505 e. The second kappa shape index (κ2) is 12.2. The monoisotopic (exact) mass is 625 g/mol. The second-order valence-corrected chi connectivity index (χ2v) is 16.5. The number of aliphatic hydroxyl groups excluding tert-OH is 1. The van der Waals surface area contributed by atoms with E-state index in [2.05, 4.69) is 103 Å². The zero-order valence-electron chi connectivity index (χ0n) is 29.4. The molecule has 0 fully saturated rings. The van der Waals surface area contributed by atoms with Crippen molar-refractivity contribution in [2.24, 2.45) is 17.3 Å². The Labute approximate surface area is 274 Å². The molecule has 0 bridgehead atoms. The van der Waals surface area contributed by atoms with Crippen molar-refractivity contribution >= 4 is 17.0 Å². The summed E-state index contributed by atoms with van der Waals surface area (Å²) in [4.78, 5) is 0. The number of aliphatic hydroxyl groups is 1. The molecule has 0 spiro atoms. The van der Waals surface area contributed by atoms with Gasteiger partial charge in [0, 0.05) is 34.7 Å². The number of aromatic hydroxyl groups is 1. The Morgan fingerprint density at radius 2 is 1.65 bits per heavy atom. The average Bonchev–Trinajstić information content (AvgIpc) is 3.27. The fourth-order valence-corrected chi connectivity index (χ4v) is 7.07. The number of halogens is 1. The van der Waals surface area contributed by atoms with Gasteiger partial charge in [0.15, 0.2) is 0 Å². The van der Waals surface area contributed by atoms with E-state index in [1.807, 2.05) is 13.0 Å².